The van der Waals surface area contributed by atoms with Crippen LogP contribution in [0.15, 0.2) is 111 Å². The van der Waals surface area contributed by atoms with Crippen LogP contribution in [0.2, 0.25) is 5.02 Å². The molecule has 0 saturated heterocycles. The molecule has 198 valence electrons. The molecule has 6 nitrogen and oxygen atoms in total. The number of hydrogen-bond acceptors (Lipinski definition) is 4. The van der Waals surface area contributed by atoms with E-state index in [0.29, 0.717) is 39.5 Å². The minimum atomic E-state index is -0.517. The summed E-state index contributed by atoms with van der Waals surface area (Å²) >= 11 is 10.0. The van der Waals surface area contributed by atoms with Crippen LogP contribution in [-0.2, 0) is 0 Å². The van der Waals surface area contributed by atoms with Crippen molar-refractivity contribution in [3.8, 4) is 16.9 Å². The third kappa shape index (κ3) is 4.61. The first-order valence-electron chi connectivity index (χ1n) is 12.7. The average Bonchev–Trinajstić information content (AvgIpc) is 3.42. The van der Waals surface area contributed by atoms with Crippen molar-refractivity contribution in [3.05, 3.63) is 134 Å². The minimum absolute atomic E-state index is 0.279. The Morgan fingerprint density at radius 1 is 0.975 bits per heavy atom. The number of H-pyrrole nitrogens is 1. The van der Waals surface area contributed by atoms with Crippen molar-refractivity contribution in [2.24, 2.45) is 5.10 Å². The van der Waals surface area contributed by atoms with Crippen molar-refractivity contribution in [2.45, 2.75) is 12.5 Å². The van der Waals surface area contributed by atoms with Crippen LogP contribution in [0.25, 0.3) is 22.0 Å². The fraction of sp³-hybridized carbons (Fsp3) is 0.0938. The molecule has 4 aromatic carbocycles. The molecule has 0 spiro atoms. The Bertz CT molecular complexity index is 1850. The first kappa shape index (κ1) is 26.0. The molecule has 1 aliphatic heterocycles. The average molecular weight is 613 g/mol. The van der Waals surface area contributed by atoms with Gasteiger partial charge in [-0.3, -0.25) is 9.59 Å². The molecular formula is C32H23BrClN3O3. The van der Waals surface area contributed by atoms with E-state index in [0.717, 1.165) is 26.5 Å². The first-order valence-corrected chi connectivity index (χ1v) is 13.8. The van der Waals surface area contributed by atoms with Gasteiger partial charge in [0.25, 0.3) is 11.5 Å². The van der Waals surface area contributed by atoms with E-state index in [4.69, 9.17) is 21.4 Å². The molecule has 8 heteroatoms. The lowest BCUT2D eigenvalue weighted by Crippen LogP contribution is -2.27. The van der Waals surface area contributed by atoms with Gasteiger partial charge in [-0.1, -0.05) is 88.2 Å². The molecule has 0 fully saturated rings. The summed E-state index contributed by atoms with van der Waals surface area (Å²) in [7, 11) is 1.59. The first-order chi connectivity index (χ1) is 19.5. The summed E-state index contributed by atoms with van der Waals surface area (Å²) in [6.07, 6.45) is 0.305. The highest BCUT2D eigenvalue weighted by atomic mass is 79.9. The van der Waals surface area contributed by atoms with E-state index in [1.54, 1.807) is 31.4 Å². The van der Waals surface area contributed by atoms with Crippen LogP contribution in [0.5, 0.6) is 5.75 Å². The van der Waals surface area contributed by atoms with E-state index >= 15 is 0 Å². The van der Waals surface area contributed by atoms with E-state index in [2.05, 4.69) is 20.9 Å². The number of para-hydroxylation sites is 1. The summed E-state index contributed by atoms with van der Waals surface area (Å²) in [5.74, 6) is 0.262. The second-order valence-electron chi connectivity index (χ2n) is 9.40. The molecule has 0 radical (unpaired) electrons. The SMILES string of the molecule is COc1ccccc1[C@H]1CC(c2c(-c3ccccc3)c3cc(Br)ccc3[nH]c2=O)=NN1C(=O)c1ccccc1Cl. The van der Waals surface area contributed by atoms with E-state index in [1.165, 1.54) is 5.01 Å². The largest absolute Gasteiger partial charge is 0.496 e. The van der Waals surface area contributed by atoms with Crippen LogP contribution in [0.3, 0.4) is 0 Å². The quantitative estimate of drug-likeness (QED) is 0.222. The highest BCUT2D eigenvalue weighted by Crippen LogP contribution is 2.41. The number of amides is 1. The third-order valence-electron chi connectivity index (χ3n) is 7.05. The van der Waals surface area contributed by atoms with Gasteiger partial charge in [0.1, 0.15) is 5.75 Å². The molecule has 6 rings (SSSR count). The van der Waals surface area contributed by atoms with Gasteiger partial charge in [0, 0.05) is 32.9 Å². The normalized spacial score (nSPS) is 14.8. The van der Waals surface area contributed by atoms with Crippen LogP contribution in [0.4, 0.5) is 0 Å². The van der Waals surface area contributed by atoms with Crippen LogP contribution in [-0.4, -0.2) is 28.7 Å². The van der Waals surface area contributed by atoms with E-state index < -0.39 is 6.04 Å². The summed E-state index contributed by atoms with van der Waals surface area (Å²) in [6.45, 7) is 0. The molecule has 0 saturated carbocycles. The molecule has 1 aromatic heterocycles. The monoisotopic (exact) mass is 611 g/mol. The number of nitrogens with one attached hydrogen (secondary N) is 1. The standard InChI is InChI=1S/C32H23BrClN3O3/c1-40-28-14-8-6-12-22(28)27-18-26(36-37(27)32(39)21-11-5-7-13-24(21)34)30-29(19-9-3-2-4-10-19)23-17-20(33)15-16-25(23)35-31(30)38/h2-17,27H,18H2,1H3,(H,35,38)/t27-/m1/s1. The zero-order chi connectivity index (χ0) is 27.8. The number of aromatic amines is 1. The maximum Gasteiger partial charge on any atom is 0.276 e. The number of rotatable bonds is 5. The van der Waals surface area contributed by atoms with Crippen molar-refractivity contribution in [1.29, 1.82) is 0 Å². The Labute approximate surface area is 244 Å². The summed E-state index contributed by atoms with van der Waals surface area (Å²) in [5, 5.41) is 7.45. The smallest absolute Gasteiger partial charge is 0.276 e. The van der Waals surface area contributed by atoms with Crippen LogP contribution in [0, 0.1) is 0 Å². The number of nitrogens with zero attached hydrogens (tertiary/aromatic N) is 2. The number of benzene rings is 4. The highest BCUT2D eigenvalue weighted by Gasteiger charge is 2.37. The van der Waals surface area contributed by atoms with Crippen LogP contribution < -0.4 is 10.3 Å². The van der Waals surface area contributed by atoms with Gasteiger partial charge in [0.15, 0.2) is 0 Å². The van der Waals surface area contributed by atoms with Crippen molar-refractivity contribution in [3.63, 3.8) is 0 Å². The van der Waals surface area contributed by atoms with Crippen molar-refractivity contribution >= 4 is 50.1 Å². The third-order valence-corrected chi connectivity index (χ3v) is 7.87. The van der Waals surface area contributed by atoms with Gasteiger partial charge in [-0.05, 0) is 42.0 Å². The molecule has 40 heavy (non-hydrogen) atoms. The fourth-order valence-electron chi connectivity index (χ4n) is 5.24. The summed E-state index contributed by atoms with van der Waals surface area (Å²) in [5.41, 5.74) is 4.09. The molecule has 5 aromatic rings. The number of halogens is 2. The molecule has 2 heterocycles. The predicted molar refractivity (Wildman–Crippen MR) is 162 cm³/mol. The molecule has 0 aliphatic carbocycles. The number of hydrogen-bond donors (Lipinski definition) is 1. The number of aromatic nitrogens is 1. The van der Waals surface area contributed by atoms with E-state index in [9.17, 15) is 9.59 Å². The van der Waals surface area contributed by atoms with E-state index in [1.807, 2.05) is 72.8 Å². The number of pyridine rings is 1. The second-order valence-corrected chi connectivity index (χ2v) is 10.7. The van der Waals surface area contributed by atoms with Gasteiger partial charge >= 0.3 is 0 Å². The lowest BCUT2D eigenvalue weighted by molar-refractivity contribution is 0.0709. The predicted octanol–water partition coefficient (Wildman–Crippen LogP) is 7.61. The number of hydrazone groups is 1. The van der Waals surface area contributed by atoms with Crippen LogP contribution >= 0.6 is 27.5 Å². The molecule has 0 bridgehead atoms. The lowest BCUT2D eigenvalue weighted by Gasteiger charge is -2.24. The number of ether oxygens (including phenoxy) is 1. The molecule has 0 unspecified atom stereocenters. The lowest BCUT2D eigenvalue weighted by atomic mass is 9.91. The van der Waals surface area contributed by atoms with Crippen molar-refractivity contribution < 1.29 is 9.53 Å². The maximum absolute atomic E-state index is 13.9. The van der Waals surface area contributed by atoms with Gasteiger partial charge in [0.05, 0.1) is 35.0 Å². The summed E-state index contributed by atoms with van der Waals surface area (Å²) in [4.78, 5) is 30.7. The summed E-state index contributed by atoms with van der Waals surface area (Å²) < 4.78 is 6.54. The van der Waals surface area contributed by atoms with Crippen LogP contribution in [0.1, 0.15) is 33.9 Å². The van der Waals surface area contributed by atoms with Gasteiger partial charge in [-0.25, -0.2) is 5.01 Å². The number of methoxy groups -OCH3 is 1. The van der Waals surface area contributed by atoms with Gasteiger partial charge in [-0.2, -0.15) is 5.10 Å². The topological polar surface area (TPSA) is 74.8 Å². The Morgan fingerprint density at radius 2 is 1.70 bits per heavy atom. The zero-order valence-corrected chi connectivity index (χ0v) is 23.7. The Morgan fingerprint density at radius 3 is 2.48 bits per heavy atom. The zero-order valence-electron chi connectivity index (χ0n) is 21.4. The van der Waals surface area contributed by atoms with Crippen molar-refractivity contribution in [1.82, 2.24) is 9.99 Å². The number of fused-ring (bicyclic) bond motifs is 1. The molecule has 1 aliphatic rings. The van der Waals surface area contributed by atoms with Crippen molar-refractivity contribution in [2.75, 3.05) is 7.11 Å². The van der Waals surface area contributed by atoms with Gasteiger partial charge < -0.3 is 9.72 Å². The Kier molecular flexibility index (Phi) is 7.00. The molecular weight excluding hydrogens is 590 g/mol. The summed E-state index contributed by atoms with van der Waals surface area (Å²) in [6, 6.07) is 29.4. The van der Waals surface area contributed by atoms with E-state index in [-0.39, 0.29) is 11.5 Å². The fourth-order valence-corrected chi connectivity index (χ4v) is 5.81. The van der Waals surface area contributed by atoms with Gasteiger partial charge in [-0.15, -0.1) is 0 Å². The Hall–Kier alpha value is -4.20. The second kappa shape index (κ2) is 10.8. The molecule has 1 atom stereocenters. The molecule has 1 amide bonds. The highest BCUT2D eigenvalue weighted by molar-refractivity contribution is 9.10. The minimum Gasteiger partial charge on any atom is -0.496 e. The Balaban J connectivity index is 1.60. The van der Waals surface area contributed by atoms with Gasteiger partial charge in [0.2, 0.25) is 0 Å². The number of carbonyl (C=O) groups is 1. The number of carbonyl (C=O) groups excluding carboxylic acids is 1. The molecule has 1 N–H and O–H groups in total. The maximum atomic E-state index is 13.9.